The topological polar surface area (TPSA) is 88.8 Å². The molecule has 0 aliphatic heterocycles. The van der Waals surface area contributed by atoms with Crippen molar-refractivity contribution < 1.29 is 4.63 Å². The van der Waals surface area contributed by atoms with E-state index in [1.165, 1.54) is 0 Å². The van der Waals surface area contributed by atoms with Gasteiger partial charge in [-0.3, -0.25) is 0 Å². The van der Waals surface area contributed by atoms with Crippen LogP contribution >= 0.6 is 45.2 Å². The second kappa shape index (κ2) is 7.07. The van der Waals surface area contributed by atoms with E-state index in [1.54, 1.807) is 0 Å². The molecule has 0 spiro atoms. The first-order valence-corrected chi connectivity index (χ1v) is 9.38. The molecule has 2 aromatic heterocycles. The first kappa shape index (κ1) is 16.4. The van der Waals surface area contributed by atoms with Crippen molar-refractivity contribution in [1.29, 1.82) is 0 Å². The molecule has 2 aromatic carbocycles. The van der Waals surface area contributed by atoms with E-state index in [0.717, 1.165) is 18.5 Å². The lowest BCUT2D eigenvalue weighted by molar-refractivity contribution is 0.314. The number of nitrogens with zero attached hydrogens (tertiary/aromatic N) is 4. The average molecular weight is 556 g/mol. The second-order valence-corrected chi connectivity index (χ2v) is 7.59. The Morgan fingerprint density at radius 3 is 1.44 bits per heavy atom. The highest BCUT2D eigenvalue weighted by molar-refractivity contribution is 14.1. The summed E-state index contributed by atoms with van der Waals surface area (Å²) in [6.45, 7) is 0. The number of benzene rings is 2. The molecule has 4 aromatic rings. The second-order valence-electron chi connectivity index (χ2n) is 5.10. The molecule has 124 valence electrons. The summed E-state index contributed by atoms with van der Waals surface area (Å²) < 4.78 is 7.03. The van der Waals surface area contributed by atoms with Crippen molar-refractivity contribution >= 4 is 79.5 Å². The van der Waals surface area contributed by atoms with Crippen LogP contribution in [0, 0.1) is 7.14 Å². The number of fused-ring (bicyclic) bond motifs is 1. The van der Waals surface area contributed by atoms with E-state index >= 15 is 0 Å². The highest BCUT2D eigenvalue weighted by Crippen LogP contribution is 2.27. The van der Waals surface area contributed by atoms with Crippen LogP contribution in [0.25, 0.3) is 11.3 Å². The Balaban J connectivity index is 1.72. The van der Waals surface area contributed by atoms with Crippen LogP contribution in [0.3, 0.4) is 0 Å². The maximum absolute atomic E-state index is 4.72. The van der Waals surface area contributed by atoms with Crippen LogP contribution in [0.2, 0.25) is 0 Å². The van der Waals surface area contributed by atoms with Crippen molar-refractivity contribution in [3.63, 3.8) is 0 Å². The molecule has 0 unspecified atom stereocenters. The van der Waals surface area contributed by atoms with Crippen LogP contribution in [0.5, 0.6) is 0 Å². The number of aromatic nitrogens is 4. The van der Waals surface area contributed by atoms with Crippen LogP contribution in [-0.2, 0) is 0 Å². The third kappa shape index (κ3) is 3.81. The fourth-order valence-corrected chi connectivity index (χ4v) is 2.87. The molecule has 0 aliphatic carbocycles. The molecule has 0 bridgehead atoms. The lowest BCUT2D eigenvalue weighted by Gasteiger charge is -2.12. The van der Waals surface area contributed by atoms with E-state index in [1.807, 2.05) is 48.5 Å². The molecule has 0 amide bonds. The molecule has 9 heteroatoms. The molecule has 4 rings (SSSR count). The summed E-state index contributed by atoms with van der Waals surface area (Å²) in [4.78, 5) is 8.92. The normalized spacial score (nSPS) is 10.8. The van der Waals surface area contributed by atoms with Gasteiger partial charge in [0, 0.05) is 18.5 Å². The van der Waals surface area contributed by atoms with Gasteiger partial charge in [0.1, 0.15) is 0 Å². The Morgan fingerprint density at radius 1 is 0.640 bits per heavy atom. The Kier molecular flexibility index (Phi) is 4.65. The summed E-state index contributed by atoms with van der Waals surface area (Å²) in [7, 11) is 0. The van der Waals surface area contributed by atoms with Gasteiger partial charge in [0.25, 0.3) is 0 Å². The third-order valence-corrected chi connectivity index (χ3v) is 4.77. The summed E-state index contributed by atoms with van der Waals surface area (Å²) in [6.07, 6.45) is 0. The van der Waals surface area contributed by atoms with Gasteiger partial charge in [-0.25, -0.2) is 14.6 Å². The van der Waals surface area contributed by atoms with E-state index in [-0.39, 0.29) is 0 Å². The molecule has 2 N–H and O–H groups in total. The minimum absolute atomic E-state index is 0.348. The van der Waals surface area contributed by atoms with E-state index < -0.39 is 0 Å². The minimum atomic E-state index is 0.348. The van der Waals surface area contributed by atoms with Crippen LogP contribution in [0.4, 0.5) is 23.0 Å². The van der Waals surface area contributed by atoms with E-state index in [4.69, 9.17) is 4.63 Å². The Hall–Kier alpha value is -2.02. The molecular formula is C16H10I2N6O. The Bertz CT molecular complexity index is 936. The van der Waals surface area contributed by atoms with Crippen LogP contribution in [0.1, 0.15) is 0 Å². The summed E-state index contributed by atoms with van der Waals surface area (Å²) in [5.41, 5.74) is 2.50. The Labute approximate surface area is 169 Å². The summed E-state index contributed by atoms with van der Waals surface area (Å²) in [5.74, 6) is 1.09. The average Bonchev–Trinajstić information content (AvgIpc) is 3.06. The molecule has 2 heterocycles. The van der Waals surface area contributed by atoms with Gasteiger partial charge in [-0.15, -0.1) is 0 Å². The monoisotopic (exact) mass is 556 g/mol. The minimum Gasteiger partial charge on any atom is -0.337 e. The number of hydrogen-bond acceptors (Lipinski definition) is 7. The van der Waals surface area contributed by atoms with E-state index in [2.05, 4.69) is 76.1 Å². The van der Waals surface area contributed by atoms with E-state index in [9.17, 15) is 0 Å². The lowest BCUT2D eigenvalue weighted by Crippen LogP contribution is -2.03. The van der Waals surface area contributed by atoms with Crippen molar-refractivity contribution in [3.05, 3.63) is 55.7 Å². The molecule has 0 fully saturated rings. The molecule has 0 atom stereocenters. The highest BCUT2D eigenvalue weighted by atomic mass is 127. The summed E-state index contributed by atoms with van der Waals surface area (Å²) in [5, 5.41) is 14.1. The zero-order chi connectivity index (χ0) is 17.2. The lowest BCUT2D eigenvalue weighted by atomic mass is 10.3. The number of rotatable bonds is 4. The third-order valence-electron chi connectivity index (χ3n) is 3.33. The van der Waals surface area contributed by atoms with Gasteiger partial charge >= 0.3 is 0 Å². The standard InChI is InChI=1S/C16H10I2N6O/c17-9-1-5-11(6-2-9)19-13-14(20-12-7-3-10(18)4-8-12)22-16-15(21-13)23-25-24-16/h1-8H,(H,19,21,23)(H,20,22,24). The predicted octanol–water partition coefficient (Wildman–Crippen LogP) is 4.71. The molecule has 25 heavy (non-hydrogen) atoms. The first-order valence-electron chi connectivity index (χ1n) is 7.23. The fraction of sp³-hybridized carbons (Fsp3) is 0. The molecule has 0 saturated carbocycles. The molecule has 0 saturated heterocycles. The van der Waals surface area contributed by atoms with Crippen LogP contribution in [-0.4, -0.2) is 20.3 Å². The van der Waals surface area contributed by atoms with Gasteiger partial charge in [0.2, 0.25) is 11.3 Å². The predicted molar refractivity (Wildman–Crippen MR) is 112 cm³/mol. The highest BCUT2D eigenvalue weighted by Gasteiger charge is 2.13. The van der Waals surface area contributed by atoms with Crippen molar-refractivity contribution in [1.82, 2.24) is 20.3 Å². The number of halogens is 2. The SMILES string of the molecule is Ic1ccc(Nc2nc3nonc3nc2Nc2ccc(I)cc2)cc1. The van der Waals surface area contributed by atoms with Crippen molar-refractivity contribution in [3.8, 4) is 0 Å². The van der Waals surface area contributed by atoms with Gasteiger partial charge in [0.15, 0.2) is 11.6 Å². The van der Waals surface area contributed by atoms with Gasteiger partial charge in [-0.05, 0) is 104 Å². The number of nitrogens with one attached hydrogen (secondary N) is 2. The fourth-order valence-electron chi connectivity index (χ4n) is 2.15. The van der Waals surface area contributed by atoms with Gasteiger partial charge < -0.3 is 10.6 Å². The smallest absolute Gasteiger partial charge is 0.245 e. The number of anilines is 4. The zero-order valence-corrected chi connectivity index (χ0v) is 16.9. The largest absolute Gasteiger partial charge is 0.337 e. The van der Waals surface area contributed by atoms with Crippen molar-refractivity contribution in [2.75, 3.05) is 10.6 Å². The van der Waals surface area contributed by atoms with Crippen molar-refractivity contribution in [2.45, 2.75) is 0 Å². The number of hydrogen-bond donors (Lipinski definition) is 2. The first-order chi connectivity index (χ1) is 12.2. The molecular weight excluding hydrogens is 546 g/mol. The maximum atomic E-state index is 4.72. The van der Waals surface area contributed by atoms with Gasteiger partial charge in [-0.1, -0.05) is 0 Å². The Morgan fingerprint density at radius 2 is 1.04 bits per heavy atom. The quantitative estimate of drug-likeness (QED) is 0.353. The summed E-state index contributed by atoms with van der Waals surface area (Å²) >= 11 is 4.53. The van der Waals surface area contributed by atoms with Crippen LogP contribution in [0.15, 0.2) is 53.2 Å². The molecule has 0 aliphatic rings. The zero-order valence-electron chi connectivity index (χ0n) is 12.6. The molecule has 7 nitrogen and oxygen atoms in total. The van der Waals surface area contributed by atoms with Gasteiger partial charge in [0.05, 0.1) is 0 Å². The maximum Gasteiger partial charge on any atom is 0.245 e. The van der Waals surface area contributed by atoms with Gasteiger partial charge in [-0.2, -0.15) is 0 Å². The van der Waals surface area contributed by atoms with Crippen molar-refractivity contribution in [2.24, 2.45) is 0 Å². The van der Waals surface area contributed by atoms with E-state index in [0.29, 0.717) is 22.9 Å². The summed E-state index contributed by atoms with van der Waals surface area (Å²) in [6, 6.07) is 16.0. The molecule has 0 radical (unpaired) electrons. The van der Waals surface area contributed by atoms with Crippen LogP contribution < -0.4 is 10.6 Å².